The first kappa shape index (κ1) is 11.6. The molecule has 2 rings (SSSR count). The molecule has 1 saturated heterocycles. The zero-order valence-electron chi connectivity index (χ0n) is 10.4. The van der Waals surface area contributed by atoms with E-state index in [1.54, 1.807) is 0 Å². The lowest BCUT2D eigenvalue weighted by atomic mass is 9.87. The molecule has 2 heteroatoms. The standard InChI is InChI=1S/C14H21NO/c1-10-5-6-12(9-11(10)2)13(15)14(3)7-4-8-16-14/h5-6,9,13H,4,7-8,15H2,1-3H3. The van der Waals surface area contributed by atoms with E-state index in [4.69, 9.17) is 10.5 Å². The second-order valence-corrected chi connectivity index (χ2v) is 5.09. The van der Waals surface area contributed by atoms with E-state index >= 15 is 0 Å². The molecule has 1 aliphatic rings. The Hall–Kier alpha value is -0.860. The lowest BCUT2D eigenvalue weighted by Crippen LogP contribution is -2.37. The van der Waals surface area contributed by atoms with E-state index in [9.17, 15) is 0 Å². The highest BCUT2D eigenvalue weighted by Crippen LogP contribution is 2.36. The van der Waals surface area contributed by atoms with Gasteiger partial charge in [0, 0.05) is 6.61 Å². The summed E-state index contributed by atoms with van der Waals surface area (Å²) in [5, 5.41) is 0. The molecular weight excluding hydrogens is 198 g/mol. The molecule has 0 amide bonds. The number of hydrogen-bond donors (Lipinski definition) is 1. The molecule has 2 N–H and O–H groups in total. The Balaban J connectivity index is 2.26. The van der Waals surface area contributed by atoms with Gasteiger partial charge in [0.05, 0.1) is 11.6 Å². The van der Waals surface area contributed by atoms with Crippen LogP contribution in [-0.4, -0.2) is 12.2 Å². The molecule has 0 saturated carbocycles. The van der Waals surface area contributed by atoms with E-state index in [0.717, 1.165) is 19.4 Å². The number of hydrogen-bond acceptors (Lipinski definition) is 2. The minimum Gasteiger partial charge on any atom is -0.373 e. The van der Waals surface area contributed by atoms with Crippen LogP contribution >= 0.6 is 0 Å². The number of benzene rings is 1. The number of rotatable bonds is 2. The van der Waals surface area contributed by atoms with Crippen molar-refractivity contribution in [3.8, 4) is 0 Å². The molecular formula is C14H21NO. The predicted octanol–water partition coefficient (Wildman–Crippen LogP) is 2.87. The Morgan fingerprint density at radius 3 is 2.62 bits per heavy atom. The molecule has 2 nitrogen and oxygen atoms in total. The summed E-state index contributed by atoms with van der Waals surface area (Å²) in [7, 11) is 0. The van der Waals surface area contributed by atoms with Gasteiger partial charge >= 0.3 is 0 Å². The van der Waals surface area contributed by atoms with Gasteiger partial charge in [0.25, 0.3) is 0 Å². The van der Waals surface area contributed by atoms with Crippen molar-refractivity contribution in [2.24, 2.45) is 5.73 Å². The van der Waals surface area contributed by atoms with E-state index in [0.29, 0.717) is 0 Å². The van der Waals surface area contributed by atoms with Crippen LogP contribution in [0.4, 0.5) is 0 Å². The van der Waals surface area contributed by atoms with Crippen molar-refractivity contribution in [3.05, 3.63) is 34.9 Å². The second-order valence-electron chi connectivity index (χ2n) is 5.09. The van der Waals surface area contributed by atoms with Crippen LogP contribution in [0.3, 0.4) is 0 Å². The summed E-state index contributed by atoms with van der Waals surface area (Å²) >= 11 is 0. The van der Waals surface area contributed by atoms with Gasteiger partial charge in [0.2, 0.25) is 0 Å². The van der Waals surface area contributed by atoms with E-state index in [2.05, 4.69) is 39.0 Å². The molecule has 1 fully saturated rings. The van der Waals surface area contributed by atoms with Crippen LogP contribution in [-0.2, 0) is 4.74 Å². The summed E-state index contributed by atoms with van der Waals surface area (Å²) in [6.45, 7) is 7.22. The Morgan fingerprint density at radius 2 is 2.06 bits per heavy atom. The fourth-order valence-corrected chi connectivity index (χ4v) is 2.36. The van der Waals surface area contributed by atoms with Gasteiger partial charge in [-0.1, -0.05) is 18.2 Å². The third kappa shape index (κ3) is 2.00. The van der Waals surface area contributed by atoms with Crippen LogP contribution in [0, 0.1) is 13.8 Å². The number of nitrogens with two attached hydrogens (primary N) is 1. The molecule has 1 aromatic rings. The monoisotopic (exact) mass is 219 g/mol. The van der Waals surface area contributed by atoms with Crippen LogP contribution in [0.5, 0.6) is 0 Å². The van der Waals surface area contributed by atoms with Crippen molar-refractivity contribution in [3.63, 3.8) is 0 Å². The fraction of sp³-hybridized carbons (Fsp3) is 0.571. The first-order valence-corrected chi connectivity index (χ1v) is 6.00. The summed E-state index contributed by atoms with van der Waals surface area (Å²) in [6.07, 6.45) is 2.18. The van der Waals surface area contributed by atoms with Crippen molar-refractivity contribution in [2.45, 2.75) is 45.3 Å². The molecule has 1 aromatic carbocycles. The maximum absolute atomic E-state index is 6.33. The highest BCUT2D eigenvalue weighted by atomic mass is 16.5. The van der Waals surface area contributed by atoms with E-state index < -0.39 is 0 Å². The van der Waals surface area contributed by atoms with Crippen molar-refractivity contribution in [2.75, 3.05) is 6.61 Å². The summed E-state index contributed by atoms with van der Waals surface area (Å²) < 4.78 is 5.80. The average molecular weight is 219 g/mol. The lowest BCUT2D eigenvalue weighted by molar-refractivity contribution is -0.00174. The van der Waals surface area contributed by atoms with Crippen LogP contribution in [0.25, 0.3) is 0 Å². The van der Waals surface area contributed by atoms with E-state index in [1.807, 2.05) is 0 Å². The topological polar surface area (TPSA) is 35.2 Å². The third-order valence-electron chi connectivity index (χ3n) is 3.80. The smallest absolute Gasteiger partial charge is 0.0847 e. The van der Waals surface area contributed by atoms with Gasteiger partial charge in [-0.3, -0.25) is 0 Å². The summed E-state index contributed by atoms with van der Waals surface area (Å²) in [5.74, 6) is 0. The maximum Gasteiger partial charge on any atom is 0.0847 e. The van der Waals surface area contributed by atoms with Crippen LogP contribution in [0.1, 0.15) is 42.5 Å². The normalized spacial score (nSPS) is 27.0. The summed E-state index contributed by atoms with van der Waals surface area (Å²) in [5.41, 5.74) is 9.95. The zero-order valence-corrected chi connectivity index (χ0v) is 10.4. The highest BCUT2D eigenvalue weighted by Gasteiger charge is 2.37. The Morgan fingerprint density at radius 1 is 1.31 bits per heavy atom. The van der Waals surface area contributed by atoms with Crippen LogP contribution in [0.15, 0.2) is 18.2 Å². The predicted molar refractivity (Wildman–Crippen MR) is 66.4 cm³/mol. The molecule has 2 atom stereocenters. The number of aryl methyl sites for hydroxylation is 2. The molecule has 0 aliphatic carbocycles. The maximum atomic E-state index is 6.33. The molecule has 0 radical (unpaired) electrons. The minimum absolute atomic E-state index is 0.0192. The van der Waals surface area contributed by atoms with Crippen molar-refractivity contribution in [1.82, 2.24) is 0 Å². The molecule has 2 unspecified atom stereocenters. The molecule has 0 bridgehead atoms. The molecule has 88 valence electrons. The lowest BCUT2D eigenvalue weighted by Gasteiger charge is -2.31. The summed E-state index contributed by atoms with van der Waals surface area (Å²) in [6, 6.07) is 6.43. The van der Waals surface area contributed by atoms with Gasteiger partial charge in [-0.05, 0) is 50.3 Å². The van der Waals surface area contributed by atoms with Gasteiger partial charge in [-0.2, -0.15) is 0 Å². The minimum atomic E-state index is -0.179. The highest BCUT2D eigenvalue weighted by molar-refractivity contribution is 5.32. The second kappa shape index (κ2) is 4.19. The third-order valence-corrected chi connectivity index (χ3v) is 3.80. The molecule has 0 aromatic heterocycles. The summed E-state index contributed by atoms with van der Waals surface area (Å²) in [4.78, 5) is 0. The Labute approximate surface area is 97.8 Å². The van der Waals surface area contributed by atoms with Gasteiger partial charge in [0.1, 0.15) is 0 Å². The molecule has 1 heterocycles. The van der Waals surface area contributed by atoms with Crippen LogP contribution < -0.4 is 5.73 Å². The van der Waals surface area contributed by atoms with Crippen LogP contribution in [0.2, 0.25) is 0 Å². The fourth-order valence-electron chi connectivity index (χ4n) is 2.36. The van der Waals surface area contributed by atoms with Crippen molar-refractivity contribution in [1.29, 1.82) is 0 Å². The largest absolute Gasteiger partial charge is 0.373 e. The average Bonchev–Trinajstić information content (AvgIpc) is 2.70. The van der Waals surface area contributed by atoms with E-state index in [-0.39, 0.29) is 11.6 Å². The first-order chi connectivity index (χ1) is 7.53. The zero-order chi connectivity index (χ0) is 11.8. The van der Waals surface area contributed by atoms with Gasteiger partial charge in [0.15, 0.2) is 0 Å². The quantitative estimate of drug-likeness (QED) is 0.830. The Kier molecular flexibility index (Phi) is 3.04. The first-order valence-electron chi connectivity index (χ1n) is 6.00. The van der Waals surface area contributed by atoms with E-state index in [1.165, 1.54) is 16.7 Å². The van der Waals surface area contributed by atoms with Gasteiger partial charge in [-0.25, -0.2) is 0 Å². The Bertz CT molecular complexity index is 380. The van der Waals surface area contributed by atoms with Crippen molar-refractivity contribution >= 4 is 0 Å². The van der Waals surface area contributed by atoms with Gasteiger partial charge < -0.3 is 10.5 Å². The number of ether oxygens (including phenoxy) is 1. The van der Waals surface area contributed by atoms with Crippen molar-refractivity contribution < 1.29 is 4.74 Å². The molecule has 0 spiro atoms. The molecule has 16 heavy (non-hydrogen) atoms. The molecule has 1 aliphatic heterocycles. The van der Waals surface area contributed by atoms with Gasteiger partial charge in [-0.15, -0.1) is 0 Å². The SMILES string of the molecule is Cc1ccc(C(N)C2(C)CCCO2)cc1C.